The molecule has 6 heteroatoms. The first kappa shape index (κ1) is 15.7. The molecular weight excluding hydrogens is 335 g/mol. The largest absolute Gasteiger partial charge is 0.247 e. The van der Waals surface area contributed by atoms with Crippen LogP contribution in [0.15, 0.2) is 60.8 Å². The van der Waals surface area contributed by atoms with Gasteiger partial charge in [-0.3, -0.25) is 0 Å². The molecule has 0 atom stereocenters. The van der Waals surface area contributed by atoms with Gasteiger partial charge < -0.3 is 0 Å². The van der Waals surface area contributed by atoms with Crippen molar-refractivity contribution in [3.05, 3.63) is 77.9 Å². The van der Waals surface area contributed by atoms with Crippen molar-refractivity contribution in [3.63, 3.8) is 0 Å². The summed E-state index contributed by atoms with van der Waals surface area (Å²) in [6, 6.07) is 16.5. The molecule has 0 bridgehead atoms. The molecule has 2 aromatic carbocycles. The Bertz CT molecular complexity index is 990. The molecule has 0 N–H and O–H groups in total. The number of nitrogens with zero attached hydrogens (tertiary/aromatic N) is 4. The second-order valence-electron chi connectivity index (χ2n) is 5.73. The van der Waals surface area contributed by atoms with E-state index in [4.69, 9.17) is 0 Å². The van der Waals surface area contributed by atoms with Crippen molar-refractivity contribution in [1.29, 1.82) is 0 Å². The molecule has 0 saturated carbocycles. The first-order valence-corrected chi connectivity index (χ1v) is 8.68. The summed E-state index contributed by atoms with van der Waals surface area (Å²) in [7, 11) is 0. The fraction of sp³-hybridized carbons (Fsp3) is 0.105. The first-order chi connectivity index (χ1) is 12.2. The molecule has 2 heterocycles. The van der Waals surface area contributed by atoms with Crippen molar-refractivity contribution >= 4 is 11.3 Å². The van der Waals surface area contributed by atoms with Crippen LogP contribution < -0.4 is 0 Å². The predicted octanol–water partition coefficient (Wildman–Crippen LogP) is 4.56. The number of thiazole rings is 1. The topological polar surface area (TPSA) is 43.6 Å². The minimum absolute atomic E-state index is 0.239. The second kappa shape index (κ2) is 6.57. The Morgan fingerprint density at radius 3 is 2.56 bits per heavy atom. The molecule has 0 fully saturated rings. The van der Waals surface area contributed by atoms with Gasteiger partial charge in [0.2, 0.25) is 0 Å². The van der Waals surface area contributed by atoms with E-state index in [2.05, 4.69) is 15.3 Å². The summed E-state index contributed by atoms with van der Waals surface area (Å²) in [5, 5.41) is 9.44. The number of halogens is 1. The van der Waals surface area contributed by atoms with Crippen LogP contribution in [0.2, 0.25) is 0 Å². The maximum absolute atomic E-state index is 13.0. The van der Waals surface area contributed by atoms with Crippen molar-refractivity contribution in [2.75, 3.05) is 0 Å². The third-order valence-electron chi connectivity index (χ3n) is 3.85. The number of aryl methyl sites for hydroxylation is 1. The molecule has 0 unspecified atom stereocenters. The van der Waals surface area contributed by atoms with Crippen LogP contribution in [-0.2, 0) is 6.54 Å². The highest BCUT2D eigenvalue weighted by molar-refractivity contribution is 7.18. The minimum atomic E-state index is -0.239. The summed E-state index contributed by atoms with van der Waals surface area (Å²) in [5.74, 6) is -0.239. The maximum atomic E-state index is 13.0. The van der Waals surface area contributed by atoms with Gasteiger partial charge in [0, 0.05) is 5.56 Å². The summed E-state index contributed by atoms with van der Waals surface area (Å²) in [5.41, 5.74) is 3.82. The molecule has 0 saturated heterocycles. The molecule has 2 aromatic heterocycles. The molecule has 4 aromatic rings. The average molecular weight is 350 g/mol. The van der Waals surface area contributed by atoms with Crippen LogP contribution in [0, 0.1) is 12.7 Å². The molecule has 0 spiro atoms. The van der Waals surface area contributed by atoms with Crippen LogP contribution in [0.4, 0.5) is 4.39 Å². The Labute approximate surface area is 148 Å². The van der Waals surface area contributed by atoms with Crippen LogP contribution in [0.1, 0.15) is 11.3 Å². The second-order valence-corrected chi connectivity index (χ2v) is 6.73. The highest BCUT2D eigenvalue weighted by Gasteiger charge is 2.14. The van der Waals surface area contributed by atoms with Gasteiger partial charge in [-0.05, 0) is 24.6 Å². The monoisotopic (exact) mass is 350 g/mol. The van der Waals surface area contributed by atoms with Crippen molar-refractivity contribution in [2.45, 2.75) is 13.5 Å². The molecule has 0 aliphatic rings. The van der Waals surface area contributed by atoms with Gasteiger partial charge in [0.05, 0.1) is 23.3 Å². The molecule has 4 rings (SSSR count). The van der Waals surface area contributed by atoms with Crippen LogP contribution in [-0.4, -0.2) is 20.0 Å². The average Bonchev–Trinajstić information content (AvgIpc) is 3.24. The maximum Gasteiger partial charge on any atom is 0.124 e. The SMILES string of the molecule is Cc1nc(-c2ccccc2)sc1-c1cn(Cc2ccc(F)cc2)nn1. The Hall–Kier alpha value is -2.86. The van der Waals surface area contributed by atoms with E-state index >= 15 is 0 Å². The molecular formula is C19H15FN4S. The van der Waals surface area contributed by atoms with Gasteiger partial charge in [0.25, 0.3) is 0 Å². The van der Waals surface area contributed by atoms with Crippen LogP contribution in [0.3, 0.4) is 0 Å². The van der Waals surface area contributed by atoms with Gasteiger partial charge in [-0.25, -0.2) is 14.1 Å². The van der Waals surface area contributed by atoms with E-state index in [-0.39, 0.29) is 5.82 Å². The fourth-order valence-corrected chi connectivity index (χ4v) is 3.62. The van der Waals surface area contributed by atoms with Crippen LogP contribution >= 0.6 is 11.3 Å². The molecule has 0 aliphatic carbocycles. The van der Waals surface area contributed by atoms with Crippen molar-refractivity contribution < 1.29 is 4.39 Å². The molecule has 4 nitrogen and oxygen atoms in total. The van der Waals surface area contributed by atoms with Crippen LogP contribution in [0.25, 0.3) is 21.1 Å². The Morgan fingerprint density at radius 2 is 1.80 bits per heavy atom. The molecule has 124 valence electrons. The molecule has 0 aliphatic heterocycles. The lowest BCUT2D eigenvalue weighted by atomic mass is 10.2. The fourth-order valence-electron chi connectivity index (χ4n) is 2.59. The standard InChI is InChI=1S/C19H15FN4S/c1-13-18(25-19(21-13)15-5-3-2-4-6-15)17-12-24(23-22-17)11-14-7-9-16(20)10-8-14/h2-10,12H,11H2,1H3. The number of hydrogen-bond acceptors (Lipinski definition) is 4. The van der Waals surface area contributed by atoms with E-state index < -0.39 is 0 Å². The van der Waals surface area contributed by atoms with Gasteiger partial charge in [-0.2, -0.15) is 0 Å². The van der Waals surface area contributed by atoms with E-state index in [1.807, 2.05) is 43.5 Å². The lowest BCUT2D eigenvalue weighted by Crippen LogP contribution is -2.00. The molecule has 0 radical (unpaired) electrons. The van der Waals surface area contributed by atoms with Gasteiger partial charge in [0.15, 0.2) is 0 Å². The number of rotatable bonds is 4. The van der Waals surface area contributed by atoms with Crippen LogP contribution in [0.5, 0.6) is 0 Å². The number of benzene rings is 2. The highest BCUT2D eigenvalue weighted by atomic mass is 32.1. The van der Waals surface area contributed by atoms with E-state index in [0.29, 0.717) is 6.54 Å². The minimum Gasteiger partial charge on any atom is -0.247 e. The zero-order chi connectivity index (χ0) is 17.2. The van der Waals surface area contributed by atoms with Gasteiger partial charge >= 0.3 is 0 Å². The van der Waals surface area contributed by atoms with Crippen molar-refractivity contribution in [1.82, 2.24) is 20.0 Å². The smallest absolute Gasteiger partial charge is 0.124 e. The van der Waals surface area contributed by atoms with Gasteiger partial charge in [0.1, 0.15) is 16.5 Å². The zero-order valence-electron chi connectivity index (χ0n) is 13.6. The zero-order valence-corrected chi connectivity index (χ0v) is 14.4. The third kappa shape index (κ3) is 3.34. The summed E-state index contributed by atoms with van der Waals surface area (Å²) in [6.07, 6.45) is 1.90. The molecule has 0 amide bonds. The first-order valence-electron chi connectivity index (χ1n) is 7.87. The van der Waals surface area contributed by atoms with E-state index in [1.165, 1.54) is 12.1 Å². The number of hydrogen-bond donors (Lipinski definition) is 0. The van der Waals surface area contributed by atoms with E-state index in [9.17, 15) is 4.39 Å². The third-order valence-corrected chi connectivity index (χ3v) is 5.08. The van der Waals surface area contributed by atoms with E-state index in [1.54, 1.807) is 28.2 Å². The predicted molar refractivity (Wildman–Crippen MR) is 96.8 cm³/mol. The normalized spacial score (nSPS) is 11.0. The lowest BCUT2D eigenvalue weighted by Gasteiger charge is -2.00. The van der Waals surface area contributed by atoms with E-state index in [0.717, 1.165) is 32.4 Å². The van der Waals surface area contributed by atoms with Gasteiger partial charge in [-0.1, -0.05) is 47.7 Å². The summed E-state index contributed by atoms with van der Waals surface area (Å²) in [4.78, 5) is 5.68. The van der Waals surface area contributed by atoms with Crippen molar-refractivity contribution in [2.24, 2.45) is 0 Å². The molecule has 25 heavy (non-hydrogen) atoms. The van der Waals surface area contributed by atoms with Gasteiger partial charge in [-0.15, -0.1) is 16.4 Å². The summed E-state index contributed by atoms with van der Waals surface area (Å²) in [6.45, 7) is 2.54. The Balaban J connectivity index is 1.60. The lowest BCUT2D eigenvalue weighted by molar-refractivity contribution is 0.621. The number of aromatic nitrogens is 4. The Kier molecular flexibility index (Phi) is 4.11. The summed E-state index contributed by atoms with van der Waals surface area (Å²) >= 11 is 1.61. The van der Waals surface area contributed by atoms with Crippen molar-refractivity contribution in [3.8, 4) is 21.1 Å². The Morgan fingerprint density at radius 1 is 1.04 bits per heavy atom. The highest BCUT2D eigenvalue weighted by Crippen LogP contribution is 2.33. The quantitative estimate of drug-likeness (QED) is 0.542. The summed E-state index contributed by atoms with van der Waals surface area (Å²) < 4.78 is 14.8.